The van der Waals surface area contributed by atoms with Crippen LogP contribution in [0.4, 0.5) is 5.69 Å². The van der Waals surface area contributed by atoms with Gasteiger partial charge in [-0.3, -0.25) is 0 Å². The van der Waals surface area contributed by atoms with Crippen LogP contribution in [0.1, 0.15) is 18.1 Å². The zero-order chi connectivity index (χ0) is 15.1. The third kappa shape index (κ3) is 4.34. The van der Waals surface area contributed by atoms with E-state index in [-0.39, 0.29) is 13.0 Å². The normalized spacial score (nSPS) is 17.9. The molecule has 0 aliphatic carbocycles. The third-order valence-electron chi connectivity index (χ3n) is 3.56. The fraction of sp³-hybridized carbons (Fsp3) is 0.571. The number of nitrogens with zero attached hydrogens (tertiary/aromatic N) is 4. The Bertz CT molecular complexity index is 481. The van der Waals surface area contributed by atoms with Gasteiger partial charge in [0.1, 0.15) is 6.10 Å². The van der Waals surface area contributed by atoms with Gasteiger partial charge in [0.2, 0.25) is 0 Å². The van der Waals surface area contributed by atoms with Gasteiger partial charge in [0.25, 0.3) is 0 Å². The van der Waals surface area contributed by atoms with Crippen LogP contribution in [0.15, 0.2) is 29.4 Å². The van der Waals surface area contributed by atoms with Gasteiger partial charge in [0.15, 0.2) is 0 Å². The molecule has 0 amide bonds. The lowest BCUT2D eigenvalue weighted by Crippen LogP contribution is -2.36. The second-order valence-corrected chi connectivity index (χ2v) is 4.95. The predicted octanol–water partition coefficient (Wildman–Crippen LogP) is 1.62. The molecular formula is C14H20N4O3. The Morgan fingerprint density at radius 2 is 1.90 bits per heavy atom. The van der Waals surface area contributed by atoms with E-state index in [4.69, 9.17) is 10.3 Å². The quantitative estimate of drug-likeness (QED) is 0.472. The monoisotopic (exact) mass is 292 g/mol. The third-order valence-corrected chi connectivity index (χ3v) is 3.56. The predicted molar refractivity (Wildman–Crippen MR) is 79.1 cm³/mol. The number of aliphatic hydroxyl groups is 2. The van der Waals surface area contributed by atoms with E-state index >= 15 is 0 Å². The van der Waals surface area contributed by atoms with Gasteiger partial charge in [0.05, 0.1) is 19.3 Å². The average molecular weight is 292 g/mol. The molecule has 2 atom stereocenters. The number of hydrogen-bond donors (Lipinski definition) is 2. The van der Waals surface area contributed by atoms with Crippen molar-refractivity contribution >= 4 is 5.69 Å². The van der Waals surface area contributed by atoms with E-state index in [1.807, 2.05) is 24.3 Å². The first kappa shape index (κ1) is 15.6. The molecule has 1 aliphatic rings. The number of azide groups is 1. The van der Waals surface area contributed by atoms with E-state index in [0.717, 1.165) is 32.0 Å². The maximum atomic E-state index is 10.1. The summed E-state index contributed by atoms with van der Waals surface area (Å²) in [7, 11) is 0. The van der Waals surface area contributed by atoms with E-state index in [1.165, 1.54) is 0 Å². The molecular weight excluding hydrogens is 272 g/mol. The van der Waals surface area contributed by atoms with Gasteiger partial charge in [0, 0.05) is 30.2 Å². The Morgan fingerprint density at radius 1 is 1.24 bits per heavy atom. The molecule has 0 radical (unpaired) electrons. The molecule has 1 saturated heterocycles. The van der Waals surface area contributed by atoms with Gasteiger partial charge in [-0.05, 0) is 29.6 Å². The average Bonchev–Trinajstić information content (AvgIpc) is 2.55. The molecule has 2 N–H and O–H groups in total. The lowest BCUT2D eigenvalue weighted by Gasteiger charge is -2.29. The minimum atomic E-state index is -0.974. The Balaban J connectivity index is 1.95. The Labute approximate surface area is 123 Å². The smallest absolute Gasteiger partial charge is 0.105 e. The van der Waals surface area contributed by atoms with Crippen LogP contribution in [-0.2, 0) is 4.74 Å². The molecule has 2 rings (SSSR count). The van der Waals surface area contributed by atoms with Crippen molar-refractivity contribution < 1.29 is 14.9 Å². The highest BCUT2D eigenvalue weighted by atomic mass is 16.5. The van der Waals surface area contributed by atoms with E-state index in [0.29, 0.717) is 5.56 Å². The fourth-order valence-corrected chi connectivity index (χ4v) is 2.32. The van der Waals surface area contributed by atoms with Gasteiger partial charge in [-0.1, -0.05) is 17.2 Å². The largest absolute Gasteiger partial charge is 0.390 e. The number of morpholine rings is 1. The van der Waals surface area contributed by atoms with Gasteiger partial charge >= 0.3 is 0 Å². The highest BCUT2D eigenvalue weighted by Gasteiger charge is 2.18. The molecule has 1 fully saturated rings. The van der Waals surface area contributed by atoms with Crippen molar-refractivity contribution in [3.05, 3.63) is 40.3 Å². The zero-order valence-corrected chi connectivity index (χ0v) is 11.8. The number of anilines is 1. The van der Waals surface area contributed by atoms with Crippen LogP contribution in [0, 0.1) is 0 Å². The van der Waals surface area contributed by atoms with Gasteiger partial charge < -0.3 is 19.8 Å². The van der Waals surface area contributed by atoms with Crippen LogP contribution in [-0.4, -0.2) is 49.2 Å². The molecule has 0 saturated carbocycles. The number of hydrogen-bond acceptors (Lipinski definition) is 5. The Morgan fingerprint density at radius 3 is 2.52 bits per heavy atom. The summed E-state index contributed by atoms with van der Waals surface area (Å²) in [5.41, 5.74) is 9.92. The molecule has 1 heterocycles. The summed E-state index contributed by atoms with van der Waals surface area (Å²) in [5.74, 6) is 0. The lowest BCUT2D eigenvalue weighted by atomic mass is 10.0. The first-order chi connectivity index (χ1) is 10.2. The van der Waals surface area contributed by atoms with Crippen LogP contribution in [0.2, 0.25) is 0 Å². The molecule has 1 aliphatic heterocycles. The maximum Gasteiger partial charge on any atom is 0.105 e. The van der Waals surface area contributed by atoms with Crippen molar-refractivity contribution in [1.82, 2.24) is 0 Å². The van der Waals surface area contributed by atoms with Gasteiger partial charge in [-0.15, -0.1) is 0 Å². The summed E-state index contributed by atoms with van der Waals surface area (Å²) < 4.78 is 5.31. The highest BCUT2D eigenvalue weighted by Crippen LogP contribution is 2.23. The molecule has 7 nitrogen and oxygen atoms in total. The second kappa shape index (κ2) is 7.85. The number of benzene rings is 1. The summed E-state index contributed by atoms with van der Waals surface area (Å²) in [6, 6.07) is 7.49. The number of rotatable bonds is 6. The summed E-state index contributed by atoms with van der Waals surface area (Å²) in [5, 5.41) is 23.3. The molecule has 2 unspecified atom stereocenters. The standard InChI is InChI=1S/C14H20N4O3/c15-17-16-6-5-13(19)14(20)11-1-3-12(4-2-11)18-7-9-21-10-8-18/h1-4,13-14,19-20H,5-10H2. The number of ether oxygens (including phenoxy) is 1. The molecule has 0 spiro atoms. The topological polar surface area (TPSA) is 102 Å². The van der Waals surface area contributed by atoms with Crippen molar-refractivity contribution in [2.24, 2.45) is 5.11 Å². The molecule has 0 aromatic heterocycles. The Kier molecular flexibility index (Phi) is 5.83. The summed E-state index contributed by atoms with van der Waals surface area (Å²) in [6.07, 6.45) is -1.68. The highest BCUT2D eigenvalue weighted by molar-refractivity contribution is 5.48. The summed E-state index contributed by atoms with van der Waals surface area (Å²) in [6.45, 7) is 3.33. The van der Waals surface area contributed by atoms with Gasteiger partial charge in [-0.2, -0.15) is 0 Å². The minimum Gasteiger partial charge on any atom is -0.390 e. The van der Waals surface area contributed by atoms with E-state index in [1.54, 1.807) is 0 Å². The molecule has 0 bridgehead atoms. The lowest BCUT2D eigenvalue weighted by molar-refractivity contribution is 0.0150. The van der Waals surface area contributed by atoms with Crippen molar-refractivity contribution in [1.29, 1.82) is 0 Å². The van der Waals surface area contributed by atoms with E-state index in [9.17, 15) is 10.2 Å². The van der Waals surface area contributed by atoms with Crippen LogP contribution in [0.3, 0.4) is 0 Å². The Hall–Kier alpha value is -1.79. The molecule has 21 heavy (non-hydrogen) atoms. The van der Waals surface area contributed by atoms with Crippen LogP contribution >= 0.6 is 0 Å². The molecule has 1 aromatic rings. The first-order valence-electron chi connectivity index (χ1n) is 7.02. The van der Waals surface area contributed by atoms with Gasteiger partial charge in [-0.25, -0.2) is 0 Å². The maximum absolute atomic E-state index is 10.1. The number of aliphatic hydroxyl groups excluding tert-OH is 2. The molecule has 1 aromatic carbocycles. The van der Waals surface area contributed by atoms with E-state index < -0.39 is 12.2 Å². The minimum absolute atomic E-state index is 0.167. The SMILES string of the molecule is [N-]=[N+]=NCCC(O)C(O)c1ccc(N2CCOCC2)cc1. The van der Waals surface area contributed by atoms with Crippen molar-refractivity contribution in [2.75, 3.05) is 37.7 Å². The summed E-state index contributed by atoms with van der Waals surface area (Å²) in [4.78, 5) is 4.84. The van der Waals surface area contributed by atoms with Crippen molar-refractivity contribution in [3.63, 3.8) is 0 Å². The second-order valence-electron chi connectivity index (χ2n) is 4.95. The van der Waals surface area contributed by atoms with Crippen molar-refractivity contribution in [3.8, 4) is 0 Å². The van der Waals surface area contributed by atoms with Crippen LogP contribution in [0.25, 0.3) is 10.4 Å². The fourth-order valence-electron chi connectivity index (χ4n) is 2.32. The van der Waals surface area contributed by atoms with E-state index in [2.05, 4.69) is 14.9 Å². The molecule has 7 heteroatoms. The zero-order valence-electron chi connectivity index (χ0n) is 11.8. The van der Waals surface area contributed by atoms with Crippen molar-refractivity contribution in [2.45, 2.75) is 18.6 Å². The summed E-state index contributed by atoms with van der Waals surface area (Å²) >= 11 is 0. The first-order valence-corrected chi connectivity index (χ1v) is 7.02. The molecule has 114 valence electrons. The van der Waals surface area contributed by atoms with Crippen LogP contribution < -0.4 is 4.90 Å². The van der Waals surface area contributed by atoms with Crippen LogP contribution in [0.5, 0.6) is 0 Å².